The Kier molecular flexibility index (Phi) is 4.41. The third kappa shape index (κ3) is 3.45. The van der Waals surface area contributed by atoms with E-state index in [0.717, 1.165) is 25.7 Å². The van der Waals surface area contributed by atoms with E-state index in [2.05, 4.69) is 6.92 Å². The quantitative estimate of drug-likeness (QED) is 0.809. The van der Waals surface area contributed by atoms with Gasteiger partial charge < -0.3 is 5.73 Å². The molecule has 0 radical (unpaired) electrons. The van der Waals surface area contributed by atoms with Crippen LogP contribution in [-0.2, 0) is 9.84 Å². The van der Waals surface area contributed by atoms with Crippen molar-refractivity contribution in [2.75, 3.05) is 5.75 Å². The highest BCUT2D eigenvalue weighted by Gasteiger charge is 2.35. The molecular formula is C12H25NO2S. The zero-order valence-corrected chi connectivity index (χ0v) is 11.5. The molecule has 0 heterocycles. The van der Waals surface area contributed by atoms with Crippen molar-refractivity contribution in [3.05, 3.63) is 0 Å². The Hall–Kier alpha value is -0.0900. The van der Waals surface area contributed by atoms with Gasteiger partial charge in [-0.3, -0.25) is 0 Å². The lowest BCUT2D eigenvalue weighted by Gasteiger charge is -2.24. The summed E-state index contributed by atoms with van der Waals surface area (Å²) in [6, 6.07) is 0. The summed E-state index contributed by atoms with van der Waals surface area (Å²) in [6.07, 6.45) is 4.94. The zero-order valence-electron chi connectivity index (χ0n) is 10.7. The Morgan fingerprint density at radius 3 is 2.50 bits per heavy atom. The summed E-state index contributed by atoms with van der Waals surface area (Å²) in [5.41, 5.74) is 6.05. The minimum Gasteiger partial charge on any atom is -0.325 e. The van der Waals surface area contributed by atoms with Gasteiger partial charge in [-0.2, -0.15) is 0 Å². The lowest BCUT2D eigenvalue weighted by atomic mass is 9.93. The molecule has 0 amide bonds. The average Bonchev–Trinajstić information content (AvgIpc) is 2.58. The predicted molar refractivity (Wildman–Crippen MR) is 68.1 cm³/mol. The molecular weight excluding hydrogens is 222 g/mol. The van der Waals surface area contributed by atoms with Crippen LogP contribution in [0.1, 0.15) is 52.9 Å². The van der Waals surface area contributed by atoms with E-state index in [0.29, 0.717) is 12.3 Å². The maximum absolute atomic E-state index is 11.7. The number of hydrogen-bond donors (Lipinski definition) is 1. The van der Waals surface area contributed by atoms with Crippen molar-refractivity contribution < 1.29 is 8.42 Å². The number of nitrogens with two attached hydrogens (primary N) is 1. The van der Waals surface area contributed by atoms with Crippen LogP contribution in [0, 0.1) is 5.92 Å². The SMILES string of the molecule is CCC1CCC(N)(CCS(=O)(=O)C(C)C)C1. The summed E-state index contributed by atoms with van der Waals surface area (Å²) >= 11 is 0. The summed E-state index contributed by atoms with van der Waals surface area (Å²) in [5.74, 6) is 0.948. The largest absolute Gasteiger partial charge is 0.325 e. The van der Waals surface area contributed by atoms with Crippen LogP contribution in [0.5, 0.6) is 0 Å². The van der Waals surface area contributed by atoms with Gasteiger partial charge in [-0.25, -0.2) is 8.42 Å². The van der Waals surface area contributed by atoms with Gasteiger partial charge in [-0.05, 0) is 45.4 Å². The highest BCUT2D eigenvalue weighted by molar-refractivity contribution is 7.91. The molecule has 0 spiro atoms. The molecule has 3 nitrogen and oxygen atoms in total. The summed E-state index contributed by atoms with van der Waals surface area (Å²) in [5, 5.41) is -0.278. The maximum Gasteiger partial charge on any atom is 0.152 e. The highest BCUT2D eigenvalue weighted by atomic mass is 32.2. The summed E-state index contributed by atoms with van der Waals surface area (Å²) < 4.78 is 23.4. The molecule has 2 N–H and O–H groups in total. The molecule has 1 fully saturated rings. The fraction of sp³-hybridized carbons (Fsp3) is 1.00. The molecule has 2 atom stereocenters. The molecule has 1 rings (SSSR count). The number of rotatable bonds is 5. The van der Waals surface area contributed by atoms with Gasteiger partial charge in [0.25, 0.3) is 0 Å². The van der Waals surface area contributed by atoms with Gasteiger partial charge in [-0.1, -0.05) is 13.3 Å². The average molecular weight is 247 g/mol. The Balaban J connectivity index is 2.50. The first kappa shape index (κ1) is 14.0. The Morgan fingerprint density at radius 1 is 1.44 bits per heavy atom. The Labute approximate surface area is 99.7 Å². The first-order chi connectivity index (χ1) is 7.29. The van der Waals surface area contributed by atoms with Crippen molar-refractivity contribution in [1.82, 2.24) is 0 Å². The standard InChI is InChI=1S/C12H25NO2S/c1-4-11-5-6-12(13,9-11)7-8-16(14,15)10(2)3/h10-11H,4-9,13H2,1-3H3. The fourth-order valence-corrected chi connectivity index (χ4v) is 3.59. The second kappa shape index (κ2) is 5.05. The molecule has 1 aliphatic carbocycles. The van der Waals surface area contributed by atoms with E-state index in [-0.39, 0.29) is 16.5 Å². The third-order valence-electron chi connectivity index (χ3n) is 3.93. The van der Waals surface area contributed by atoms with Crippen molar-refractivity contribution in [2.24, 2.45) is 11.7 Å². The van der Waals surface area contributed by atoms with E-state index in [4.69, 9.17) is 5.73 Å². The lowest BCUT2D eigenvalue weighted by molar-refractivity contribution is 0.396. The van der Waals surface area contributed by atoms with E-state index in [1.807, 2.05) is 0 Å². The fourth-order valence-electron chi connectivity index (χ4n) is 2.43. The molecule has 96 valence electrons. The smallest absolute Gasteiger partial charge is 0.152 e. The monoisotopic (exact) mass is 247 g/mol. The van der Waals surface area contributed by atoms with Gasteiger partial charge in [0.2, 0.25) is 0 Å². The Bertz CT molecular complexity index is 324. The molecule has 2 unspecified atom stereocenters. The van der Waals surface area contributed by atoms with E-state index in [9.17, 15) is 8.42 Å². The molecule has 0 aromatic carbocycles. The normalized spacial score (nSPS) is 31.2. The van der Waals surface area contributed by atoms with Crippen LogP contribution in [0.4, 0.5) is 0 Å². The van der Waals surface area contributed by atoms with Gasteiger partial charge in [0, 0.05) is 5.54 Å². The van der Waals surface area contributed by atoms with Gasteiger partial charge in [0.05, 0.1) is 11.0 Å². The molecule has 0 saturated heterocycles. The van der Waals surface area contributed by atoms with Crippen LogP contribution in [0.2, 0.25) is 0 Å². The van der Waals surface area contributed by atoms with Gasteiger partial charge in [0.15, 0.2) is 9.84 Å². The summed E-state index contributed by atoms with van der Waals surface area (Å²) in [7, 11) is -2.93. The minimum atomic E-state index is -2.93. The molecule has 1 saturated carbocycles. The summed E-state index contributed by atoms with van der Waals surface area (Å²) in [4.78, 5) is 0. The number of sulfone groups is 1. The van der Waals surface area contributed by atoms with E-state index in [1.165, 1.54) is 0 Å². The molecule has 0 aromatic rings. The first-order valence-corrected chi connectivity index (χ1v) is 8.01. The first-order valence-electron chi connectivity index (χ1n) is 6.29. The summed E-state index contributed by atoms with van der Waals surface area (Å²) in [6.45, 7) is 5.66. The number of hydrogen-bond acceptors (Lipinski definition) is 3. The van der Waals surface area contributed by atoms with Crippen molar-refractivity contribution in [3.8, 4) is 0 Å². The second-order valence-corrected chi connectivity index (χ2v) is 8.22. The topological polar surface area (TPSA) is 60.2 Å². The zero-order chi connectivity index (χ0) is 12.4. The van der Waals surface area contributed by atoms with Gasteiger partial charge >= 0.3 is 0 Å². The Morgan fingerprint density at radius 2 is 2.06 bits per heavy atom. The maximum atomic E-state index is 11.7. The van der Waals surface area contributed by atoms with Crippen molar-refractivity contribution in [2.45, 2.75) is 63.7 Å². The van der Waals surface area contributed by atoms with Crippen LogP contribution in [0.25, 0.3) is 0 Å². The molecule has 16 heavy (non-hydrogen) atoms. The minimum absolute atomic E-state index is 0.220. The van der Waals surface area contributed by atoms with E-state index >= 15 is 0 Å². The molecule has 1 aliphatic rings. The van der Waals surface area contributed by atoms with E-state index < -0.39 is 9.84 Å². The van der Waals surface area contributed by atoms with Crippen LogP contribution in [0.15, 0.2) is 0 Å². The van der Waals surface area contributed by atoms with Gasteiger partial charge in [-0.15, -0.1) is 0 Å². The third-order valence-corrected chi connectivity index (χ3v) is 6.14. The van der Waals surface area contributed by atoms with Crippen molar-refractivity contribution in [1.29, 1.82) is 0 Å². The van der Waals surface area contributed by atoms with Crippen LogP contribution in [-0.4, -0.2) is 25.0 Å². The molecule has 0 bridgehead atoms. The lowest BCUT2D eigenvalue weighted by Crippen LogP contribution is -2.39. The van der Waals surface area contributed by atoms with Crippen LogP contribution in [0.3, 0.4) is 0 Å². The highest BCUT2D eigenvalue weighted by Crippen LogP contribution is 2.36. The van der Waals surface area contributed by atoms with Crippen molar-refractivity contribution >= 4 is 9.84 Å². The second-order valence-electron chi connectivity index (χ2n) is 5.55. The van der Waals surface area contributed by atoms with Crippen LogP contribution >= 0.6 is 0 Å². The molecule has 0 aromatic heterocycles. The molecule has 4 heteroatoms. The van der Waals surface area contributed by atoms with E-state index in [1.54, 1.807) is 13.8 Å². The van der Waals surface area contributed by atoms with Crippen LogP contribution < -0.4 is 5.73 Å². The van der Waals surface area contributed by atoms with Gasteiger partial charge in [0.1, 0.15) is 0 Å². The van der Waals surface area contributed by atoms with Crippen molar-refractivity contribution in [3.63, 3.8) is 0 Å². The predicted octanol–water partition coefficient (Wildman–Crippen LogP) is 2.11. The molecule has 0 aliphatic heterocycles.